The predicted octanol–water partition coefficient (Wildman–Crippen LogP) is 2.38. The molecule has 1 aromatic carbocycles. The number of para-hydroxylation sites is 1. The number of hydrogen-bond donors (Lipinski definition) is 2. The third kappa shape index (κ3) is 4.25. The van der Waals surface area contributed by atoms with Gasteiger partial charge in [-0.2, -0.15) is 10.2 Å². The molecule has 1 amide bonds. The summed E-state index contributed by atoms with van der Waals surface area (Å²) in [5.41, 5.74) is 1.55. The Hall–Kier alpha value is -4.27. The van der Waals surface area contributed by atoms with Crippen molar-refractivity contribution in [2.45, 2.75) is 13.5 Å². The van der Waals surface area contributed by atoms with Crippen LogP contribution in [0.25, 0.3) is 5.82 Å². The third-order valence-electron chi connectivity index (χ3n) is 4.35. The summed E-state index contributed by atoms with van der Waals surface area (Å²) in [6.07, 6.45) is 3.10. The van der Waals surface area contributed by atoms with E-state index in [9.17, 15) is 9.59 Å². The highest BCUT2D eigenvalue weighted by Crippen LogP contribution is 2.19. The summed E-state index contributed by atoms with van der Waals surface area (Å²) in [6, 6.07) is 15.8. The number of nitrogens with zero attached hydrogens (tertiary/aromatic N) is 4. The lowest BCUT2D eigenvalue weighted by Crippen LogP contribution is -2.23. The van der Waals surface area contributed by atoms with Gasteiger partial charge >= 0.3 is 0 Å². The molecule has 0 fully saturated rings. The Labute approximate surface area is 171 Å². The van der Waals surface area contributed by atoms with E-state index in [4.69, 9.17) is 4.74 Å². The van der Waals surface area contributed by atoms with Crippen molar-refractivity contribution in [3.8, 4) is 17.4 Å². The van der Waals surface area contributed by atoms with Gasteiger partial charge in [-0.3, -0.25) is 9.59 Å². The molecule has 9 nitrogen and oxygen atoms in total. The summed E-state index contributed by atoms with van der Waals surface area (Å²) < 4.78 is 7.21. The minimum Gasteiger partial charge on any atom is -0.439 e. The van der Waals surface area contributed by atoms with Gasteiger partial charge in [-0.25, -0.2) is 14.8 Å². The van der Waals surface area contributed by atoms with Crippen molar-refractivity contribution in [3.05, 3.63) is 94.2 Å². The van der Waals surface area contributed by atoms with Gasteiger partial charge in [0.05, 0.1) is 17.5 Å². The highest BCUT2D eigenvalue weighted by molar-refractivity contribution is 5.95. The molecule has 0 radical (unpaired) electrons. The molecule has 0 aliphatic heterocycles. The molecule has 0 aliphatic rings. The molecule has 3 aromatic heterocycles. The van der Waals surface area contributed by atoms with Crippen LogP contribution in [0.5, 0.6) is 11.6 Å². The molecule has 4 aromatic rings. The molecule has 150 valence electrons. The van der Waals surface area contributed by atoms with E-state index >= 15 is 0 Å². The highest BCUT2D eigenvalue weighted by Gasteiger charge is 2.16. The molecular formula is C21H18N6O3. The average Bonchev–Trinajstić information content (AvgIpc) is 3.15. The smallest absolute Gasteiger partial charge is 0.264 e. The molecule has 0 bridgehead atoms. The molecule has 30 heavy (non-hydrogen) atoms. The number of amides is 1. The average molecular weight is 402 g/mol. The van der Waals surface area contributed by atoms with E-state index in [1.54, 1.807) is 25.3 Å². The maximum Gasteiger partial charge on any atom is 0.264 e. The number of H-pyrrole nitrogens is 1. The second-order valence-corrected chi connectivity index (χ2v) is 6.43. The fraction of sp³-hybridized carbons (Fsp3) is 0.0952. The van der Waals surface area contributed by atoms with E-state index in [-0.39, 0.29) is 11.5 Å². The Bertz CT molecular complexity index is 1210. The Morgan fingerprint density at radius 3 is 2.77 bits per heavy atom. The summed E-state index contributed by atoms with van der Waals surface area (Å²) in [6.45, 7) is 2.06. The lowest BCUT2D eigenvalue weighted by Gasteiger charge is -2.08. The van der Waals surface area contributed by atoms with Crippen LogP contribution in [0.15, 0.2) is 71.8 Å². The maximum absolute atomic E-state index is 12.6. The first-order valence-electron chi connectivity index (χ1n) is 9.17. The number of aromatic nitrogens is 5. The zero-order valence-electron chi connectivity index (χ0n) is 16.1. The van der Waals surface area contributed by atoms with Crippen LogP contribution >= 0.6 is 0 Å². The molecule has 0 saturated heterocycles. The second kappa shape index (κ2) is 8.39. The van der Waals surface area contributed by atoms with Crippen LogP contribution in [0.4, 0.5) is 0 Å². The summed E-state index contributed by atoms with van der Waals surface area (Å²) in [5.74, 6) is 1.28. The highest BCUT2D eigenvalue weighted by atomic mass is 16.5. The summed E-state index contributed by atoms with van der Waals surface area (Å²) in [5, 5.41) is 13.3. The lowest BCUT2D eigenvalue weighted by molar-refractivity contribution is 0.0950. The zero-order valence-corrected chi connectivity index (χ0v) is 16.1. The number of hydrogen-bond acceptors (Lipinski definition) is 6. The molecular weight excluding hydrogens is 384 g/mol. The van der Waals surface area contributed by atoms with Gasteiger partial charge in [-0.15, -0.1) is 0 Å². The van der Waals surface area contributed by atoms with Gasteiger partial charge in [0, 0.05) is 24.9 Å². The van der Waals surface area contributed by atoms with E-state index in [0.29, 0.717) is 35.2 Å². The van der Waals surface area contributed by atoms with E-state index in [1.807, 2.05) is 30.3 Å². The number of pyridine rings is 1. The standard InChI is InChI=1S/C21H18N6O3/c1-14-17(13-24-27(14)18-7-8-19(28)26-25-18)21(29)23-12-15-9-10-22-20(11-15)30-16-5-3-2-4-6-16/h2-11,13H,12H2,1H3,(H,23,29)(H,26,28). The molecule has 0 atom stereocenters. The van der Waals surface area contributed by atoms with E-state index < -0.39 is 0 Å². The maximum atomic E-state index is 12.6. The number of aromatic amines is 1. The van der Waals surface area contributed by atoms with Gasteiger partial charge in [0.1, 0.15) is 5.75 Å². The summed E-state index contributed by atoms with van der Waals surface area (Å²) in [7, 11) is 0. The van der Waals surface area contributed by atoms with Gasteiger partial charge in [-0.05, 0) is 36.8 Å². The molecule has 0 aliphatic carbocycles. The van der Waals surface area contributed by atoms with Crippen molar-refractivity contribution in [1.82, 2.24) is 30.3 Å². The van der Waals surface area contributed by atoms with Crippen LogP contribution in [0, 0.1) is 6.92 Å². The second-order valence-electron chi connectivity index (χ2n) is 6.43. The molecule has 3 heterocycles. The third-order valence-corrected chi connectivity index (χ3v) is 4.35. The Morgan fingerprint density at radius 1 is 1.17 bits per heavy atom. The normalized spacial score (nSPS) is 10.6. The van der Waals surface area contributed by atoms with Gasteiger partial charge in [0.25, 0.3) is 11.5 Å². The number of rotatable bonds is 6. The molecule has 0 saturated carbocycles. The van der Waals surface area contributed by atoms with Crippen LogP contribution in [-0.2, 0) is 6.54 Å². The quantitative estimate of drug-likeness (QED) is 0.512. The van der Waals surface area contributed by atoms with Gasteiger partial charge in [0.15, 0.2) is 5.82 Å². The monoisotopic (exact) mass is 402 g/mol. The first-order chi connectivity index (χ1) is 14.6. The van der Waals surface area contributed by atoms with E-state index in [1.165, 1.54) is 23.0 Å². The molecule has 4 rings (SSSR count). The topological polar surface area (TPSA) is 115 Å². The fourth-order valence-electron chi connectivity index (χ4n) is 2.82. The van der Waals surface area contributed by atoms with E-state index in [0.717, 1.165) is 5.56 Å². The zero-order chi connectivity index (χ0) is 20.9. The Morgan fingerprint density at radius 2 is 2.00 bits per heavy atom. The first kappa shape index (κ1) is 19.1. The number of ether oxygens (including phenoxy) is 1. The molecule has 2 N–H and O–H groups in total. The number of benzene rings is 1. The van der Waals surface area contributed by atoms with Crippen molar-refractivity contribution in [1.29, 1.82) is 0 Å². The van der Waals surface area contributed by atoms with Gasteiger partial charge in [0.2, 0.25) is 5.88 Å². The van der Waals surface area contributed by atoms with Crippen molar-refractivity contribution < 1.29 is 9.53 Å². The van der Waals surface area contributed by atoms with E-state index in [2.05, 4.69) is 25.6 Å². The van der Waals surface area contributed by atoms with Gasteiger partial charge in [-0.1, -0.05) is 18.2 Å². The first-order valence-corrected chi connectivity index (χ1v) is 9.17. The van der Waals surface area contributed by atoms with Crippen LogP contribution in [0.1, 0.15) is 21.6 Å². The number of carbonyl (C=O) groups is 1. The number of nitrogens with one attached hydrogen (secondary N) is 2. The van der Waals surface area contributed by atoms with Crippen LogP contribution < -0.4 is 15.6 Å². The van der Waals surface area contributed by atoms with Crippen LogP contribution in [0.2, 0.25) is 0 Å². The largest absolute Gasteiger partial charge is 0.439 e. The molecule has 9 heteroatoms. The van der Waals surface area contributed by atoms with Crippen molar-refractivity contribution >= 4 is 5.91 Å². The number of carbonyl (C=O) groups excluding carboxylic acids is 1. The SMILES string of the molecule is Cc1c(C(=O)NCc2ccnc(Oc3ccccc3)c2)cnn1-c1ccc(=O)[nH]n1. The van der Waals surface area contributed by atoms with Crippen LogP contribution in [-0.4, -0.2) is 30.9 Å². The summed E-state index contributed by atoms with van der Waals surface area (Å²) >= 11 is 0. The van der Waals surface area contributed by atoms with Crippen molar-refractivity contribution in [2.75, 3.05) is 0 Å². The van der Waals surface area contributed by atoms with Crippen LogP contribution in [0.3, 0.4) is 0 Å². The summed E-state index contributed by atoms with van der Waals surface area (Å²) in [4.78, 5) is 28.0. The molecule has 0 spiro atoms. The lowest BCUT2D eigenvalue weighted by atomic mass is 10.2. The Kier molecular flexibility index (Phi) is 5.33. The molecule has 0 unspecified atom stereocenters. The predicted molar refractivity (Wildman–Crippen MR) is 109 cm³/mol. The van der Waals surface area contributed by atoms with Crippen molar-refractivity contribution in [2.24, 2.45) is 0 Å². The van der Waals surface area contributed by atoms with Gasteiger partial charge < -0.3 is 10.1 Å². The minimum absolute atomic E-state index is 0.273. The fourth-order valence-corrected chi connectivity index (χ4v) is 2.82. The Balaban J connectivity index is 1.43. The van der Waals surface area contributed by atoms with Crippen molar-refractivity contribution in [3.63, 3.8) is 0 Å². The minimum atomic E-state index is -0.311.